The summed E-state index contributed by atoms with van der Waals surface area (Å²) < 4.78 is 12.1. The van der Waals surface area contributed by atoms with Gasteiger partial charge in [-0.25, -0.2) is 0 Å². The summed E-state index contributed by atoms with van der Waals surface area (Å²) in [5.41, 5.74) is 2.34. The zero-order valence-electron chi connectivity index (χ0n) is 14.3. The van der Waals surface area contributed by atoms with E-state index in [0.717, 1.165) is 23.1 Å². The number of rotatable bonds is 7. The van der Waals surface area contributed by atoms with Crippen molar-refractivity contribution in [2.24, 2.45) is 0 Å². The fraction of sp³-hybridized carbons (Fsp3) is 0.0909. The highest BCUT2D eigenvalue weighted by atomic mass is 28.3. The van der Waals surface area contributed by atoms with Crippen molar-refractivity contribution in [2.45, 2.75) is 13.0 Å². The molecule has 1 atom stereocenters. The van der Waals surface area contributed by atoms with Crippen LogP contribution in [0.3, 0.4) is 0 Å². The van der Waals surface area contributed by atoms with Crippen molar-refractivity contribution in [1.29, 1.82) is 0 Å². The highest BCUT2D eigenvalue weighted by molar-refractivity contribution is 6.46. The Hall–Kier alpha value is -2.78. The van der Waals surface area contributed by atoms with Crippen LogP contribution in [0.2, 0.25) is 6.04 Å². The van der Waals surface area contributed by atoms with Gasteiger partial charge in [-0.15, -0.1) is 0 Å². The van der Waals surface area contributed by atoms with Crippen LogP contribution in [-0.2, 0) is 0 Å². The third-order valence-corrected chi connectivity index (χ3v) is 5.50. The Morgan fingerprint density at radius 3 is 1.68 bits per heavy atom. The van der Waals surface area contributed by atoms with Gasteiger partial charge in [-0.05, 0) is 35.4 Å². The van der Waals surface area contributed by atoms with Crippen LogP contribution in [-0.4, -0.2) is 9.28 Å². The van der Waals surface area contributed by atoms with E-state index in [1.165, 1.54) is 5.56 Å². The topological polar surface area (TPSA) is 18.5 Å². The molecule has 0 saturated heterocycles. The van der Waals surface area contributed by atoms with Crippen LogP contribution in [0.5, 0.6) is 11.5 Å². The first-order chi connectivity index (χ1) is 12.3. The van der Waals surface area contributed by atoms with Gasteiger partial charge in [-0.1, -0.05) is 79.7 Å². The van der Waals surface area contributed by atoms with E-state index in [9.17, 15) is 0 Å². The Morgan fingerprint density at radius 2 is 1.12 bits per heavy atom. The van der Waals surface area contributed by atoms with Crippen LogP contribution in [0.1, 0.15) is 18.1 Å². The van der Waals surface area contributed by atoms with Crippen LogP contribution in [0.4, 0.5) is 0 Å². The van der Waals surface area contributed by atoms with Gasteiger partial charge in [0.25, 0.3) is 0 Å². The molecule has 0 saturated carbocycles. The number of para-hydroxylation sites is 1. The zero-order chi connectivity index (χ0) is 17.3. The van der Waals surface area contributed by atoms with Crippen LogP contribution < -0.4 is 8.85 Å². The molecule has 0 heterocycles. The van der Waals surface area contributed by atoms with Gasteiger partial charge in [0.2, 0.25) is 0 Å². The normalized spacial score (nSPS) is 12.0. The number of benzene rings is 3. The second-order valence-corrected chi connectivity index (χ2v) is 7.85. The summed E-state index contributed by atoms with van der Waals surface area (Å²) in [5.74, 6) is 1.75. The molecule has 0 N–H and O–H groups in total. The summed E-state index contributed by atoms with van der Waals surface area (Å²) in [6.45, 7) is 2.11. The molecule has 0 aliphatic carbocycles. The van der Waals surface area contributed by atoms with E-state index < -0.39 is 9.28 Å². The van der Waals surface area contributed by atoms with E-state index in [0.29, 0.717) is 0 Å². The van der Waals surface area contributed by atoms with E-state index in [1.807, 2.05) is 60.7 Å². The molecule has 0 bridgehead atoms. The van der Waals surface area contributed by atoms with Crippen molar-refractivity contribution in [2.75, 3.05) is 0 Å². The predicted octanol–water partition coefficient (Wildman–Crippen LogP) is 5.56. The molecule has 0 aromatic heterocycles. The molecule has 0 aliphatic heterocycles. The van der Waals surface area contributed by atoms with Gasteiger partial charge < -0.3 is 8.85 Å². The van der Waals surface area contributed by atoms with Crippen molar-refractivity contribution in [3.05, 3.63) is 96.1 Å². The molecule has 3 aromatic rings. The summed E-state index contributed by atoms with van der Waals surface area (Å²) in [6, 6.07) is 29.2. The van der Waals surface area contributed by atoms with Crippen molar-refractivity contribution in [3.63, 3.8) is 0 Å². The predicted molar refractivity (Wildman–Crippen MR) is 107 cm³/mol. The van der Waals surface area contributed by atoms with Gasteiger partial charge in [0, 0.05) is 6.04 Å². The molecule has 3 rings (SSSR count). The van der Waals surface area contributed by atoms with E-state index in [2.05, 4.69) is 43.3 Å². The van der Waals surface area contributed by atoms with Gasteiger partial charge in [0.05, 0.1) is 0 Å². The van der Waals surface area contributed by atoms with Gasteiger partial charge in [0.1, 0.15) is 11.5 Å². The van der Waals surface area contributed by atoms with Crippen molar-refractivity contribution in [3.8, 4) is 11.5 Å². The first kappa shape index (κ1) is 17.1. The smallest absolute Gasteiger partial charge is 0.443 e. The van der Waals surface area contributed by atoms with E-state index in [4.69, 9.17) is 8.85 Å². The van der Waals surface area contributed by atoms with E-state index >= 15 is 0 Å². The maximum absolute atomic E-state index is 6.08. The minimum atomic E-state index is -1.77. The fourth-order valence-electron chi connectivity index (χ4n) is 2.41. The molecule has 0 amide bonds. The van der Waals surface area contributed by atoms with Crippen molar-refractivity contribution in [1.82, 2.24) is 0 Å². The molecule has 0 radical (unpaired) electrons. The Labute approximate surface area is 151 Å². The van der Waals surface area contributed by atoms with Gasteiger partial charge in [0.15, 0.2) is 0 Å². The molecular formula is C22H22O2Si. The Morgan fingerprint density at radius 1 is 0.640 bits per heavy atom. The lowest BCUT2D eigenvalue weighted by Crippen LogP contribution is -2.28. The summed E-state index contributed by atoms with van der Waals surface area (Å²) in [4.78, 5) is 0. The van der Waals surface area contributed by atoms with Crippen molar-refractivity contribution < 1.29 is 8.85 Å². The molecule has 0 spiro atoms. The Balaban J connectivity index is 1.60. The molecule has 3 aromatic carbocycles. The minimum absolute atomic E-state index is 0.867. The maximum Gasteiger partial charge on any atom is 0.443 e. The highest BCUT2D eigenvalue weighted by Gasteiger charge is 2.14. The second-order valence-electron chi connectivity index (χ2n) is 5.70. The average Bonchev–Trinajstić information content (AvgIpc) is 2.68. The van der Waals surface area contributed by atoms with Crippen LogP contribution >= 0.6 is 0 Å². The average molecular weight is 347 g/mol. The summed E-state index contributed by atoms with van der Waals surface area (Å²) >= 11 is 0. The Kier molecular flexibility index (Phi) is 6.07. The minimum Gasteiger partial charge on any atom is -0.514 e. The zero-order valence-corrected chi connectivity index (χ0v) is 15.5. The standard InChI is InChI=1S/C22H22O2Si/c1-2-25(23-21-11-7-4-8-12-21)24-22-17-15-20(16-18-22)14-13-19-9-5-3-6-10-19/h3-18,25H,2H2,1H3. The summed E-state index contributed by atoms with van der Waals surface area (Å²) in [5, 5.41) is 0. The lowest BCUT2D eigenvalue weighted by molar-refractivity contribution is 0.423. The third kappa shape index (κ3) is 5.36. The first-order valence-electron chi connectivity index (χ1n) is 8.55. The van der Waals surface area contributed by atoms with Crippen LogP contribution in [0, 0.1) is 0 Å². The van der Waals surface area contributed by atoms with E-state index in [1.54, 1.807) is 0 Å². The van der Waals surface area contributed by atoms with Gasteiger partial charge in [-0.3, -0.25) is 0 Å². The molecular weight excluding hydrogens is 324 g/mol. The second kappa shape index (κ2) is 8.90. The number of hydrogen-bond acceptors (Lipinski definition) is 2. The molecule has 0 aliphatic rings. The third-order valence-electron chi connectivity index (χ3n) is 3.76. The van der Waals surface area contributed by atoms with Crippen LogP contribution in [0.25, 0.3) is 12.2 Å². The monoisotopic (exact) mass is 346 g/mol. The quantitative estimate of drug-likeness (QED) is 0.412. The van der Waals surface area contributed by atoms with Crippen molar-refractivity contribution >= 4 is 21.4 Å². The summed E-state index contributed by atoms with van der Waals surface area (Å²) in [7, 11) is -1.77. The molecule has 25 heavy (non-hydrogen) atoms. The highest BCUT2D eigenvalue weighted by Crippen LogP contribution is 2.18. The first-order valence-corrected chi connectivity index (χ1v) is 10.3. The Bertz CT molecular complexity index is 783. The molecule has 126 valence electrons. The lowest BCUT2D eigenvalue weighted by atomic mass is 10.1. The SMILES string of the molecule is CC[SiH](Oc1ccccc1)Oc1ccc(C=Cc2ccccc2)cc1. The maximum atomic E-state index is 6.08. The lowest BCUT2D eigenvalue weighted by Gasteiger charge is -2.17. The fourth-order valence-corrected chi connectivity index (χ4v) is 3.71. The molecule has 0 fully saturated rings. The number of hydrogen-bond donors (Lipinski definition) is 0. The van der Waals surface area contributed by atoms with Gasteiger partial charge >= 0.3 is 9.28 Å². The molecule has 2 nitrogen and oxygen atoms in total. The van der Waals surface area contributed by atoms with E-state index in [-0.39, 0.29) is 0 Å². The largest absolute Gasteiger partial charge is 0.514 e. The summed E-state index contributed by atoms with van der Waals surface area (Å²) in [6.07, 6.45) is 4.21. The van der Waals surface area contributed by atoms with Gasteiger partial charge in [-0.2, -0.15) is 0 Å². The molecule has 3 heteroatoms. The molecule has 1 unspecified atom stereocenters. The van der Waals surface area contributed by atoms with Crippen LogP contribution in [0.15, 0.2) is 84.9 Å².